The first-order valence-corrected chi connectivity index (χ1v) is 5.99. The lowest BCUT2D eigenvalue weighted by Gasteiger charge is -2.11. The van der Waals surface area contributed by atoms with E-state index in [1.165, 1.54) is 5.56 Å². The Hall–Kier alpha value is -0.780. The van der Waals surface area contributed by atoms with Gasteiger partial charge in [0.1, 0.15) is 0 Å². The minimum atomic E-state index is 0.193. The number of halogens is 1. The monoisotopic (exact) mass is 265 g/mol. The van der Waals surface area contributed by atoms with E-state index in [9.17, 15) is 0 Å². The van der Waals surface area contributed by atoms with E-state index in [-0.39, 0.29) is 6.04 Å². The summed E-state index contributed by atoms with van der Waals surface area (Å²) in [6, 6.07) is 8.47. The fourth-order valence-corrected chi connectivity index (χ4v) is 1.64. The molecule has 1 aromatic carbocycles. The molecule has 0 saturated heterocycles. The van der Waals surface area contributed by atoms with Gasteiger partial charge in [0, 0.05) is 11.0 Å². The van der Waals surface area contributed by atoms with Gasteiger partial charge >= 0.3 is 0 Å². The van der Waals surface area contributed by atoms with Crippen LogP contribution in [0.3, 0.4) is 0 Å². The minimum absolute atomic E-state index is 0.193. The Morgan fingerprint density at radius 1 is 1.40 bits per heavy atom. The zero-order valence-electron chi connectivity index (χ0n) is 8.96. The molecule has 1 rings (SSSR count). The average molecular weight is 266 g/mol. The molecular weight excluding hydrogens is 250 g/mol. The predicted octanol–water partition coefficient (Wildman–Crippen LogP) is 3.34. The highest BCUT2D eigenvalue weighted by Gasteiger charge is 2.02. The molecule has 1 atom stereocenters. The number of rotatable bonds is 5. The maximum atomic E-state index is 5.43. The Kier molecular flexibility index (Phi) is 5.45. The second-order valence-electron chi connectivity index (χ2n) is 3.52. The van der Waals surface area contributed by atoms with Gasteiger partial charge in [-0.1, -0.05) is 47.3 Å². The summed E-state index contributed by atoms with van der Waals surface area (Å²) >= 11 is 3.41. The molecule has 15 heavy (non-hydrogen) atoms. The third kappa shape index (κ3) is 4.51. The summed E-state index contributed by atoms with van der Waals surface area (Å²) in [6.07, 6.45) is 7.58. The van der Waals surface area contributed by atoms with Crippen molar-refractivity contribution < 1.29 is 0 Å². The molecule has 0 spiro atoms. The molecule has 0 radical (unpaired) electrons. The van der Waals surface area contributed by atoms with E-state index < -0.39 is 0 Å². The van der Waals surface area contributed by atoms with Gasteiger partial charge in [-0.2, -0.15) is 0 Å². The highest BCUT2D eigenvalue weighted by atomic mass is 79.9. The Balaban J connectivity index is 2.42. The second-order valence-corrected chi connectivity index (χ2v) is 4.43. The Morgan fingerprint density at radius 2 is 2.07 bits per heavy atom. The lowest BCUT2D eigenvalue weighted by Crippen LogP contribution is -2.26. The van der Waals surface area contributed by atoms with Crippen LogP contribution in [-0.4, -0.2) is 6.04 Å². The summed E-state index contributed by atoms with van der Waals surface area (Å²) < 4.78 is 1.10. The molecule has 0 fully saturated rings. The summed E-state index contributed by atoms with van der Waals surface area (Å²) in [5.74, 6) is 2.76. The molecule has 0 aromatic heterocycles. The van der Waals surface area contributed by atoms with Gasteiger partial charge < -0.3 is 0 Å². The van der Waals surface area contributed by atoms with Gasteiger partial charge in [0.05, 0.1) is 6.04 Å². The van der Waals surface area contributed by atoms with E-state index >= 15 is 0 Å². The number of benzene rings is 1. The molecule has 0 aliphatic rings. The van der Waals surface area contributed by atoms with Crippen LogP contribution < -0.4 is 5.32 Å². The van der Waals surface area contributed by atoms with Crippen molar-refractivity contribution in [3.8, 4) is 12.3 Å². The van der Waals surface area contributed by atoms with Gasteiger partial charge in [0.2, 0.25) is 0 Å². The quantitative estimate of drug-likeness (QED) is 0.806. The molecule has 2 heteroatoms. The standard InChI is InChI=1S/C13H16BrN/c1-3-5-13(4-2)15-10-11-6-8-12(14)9-7-11/h2,6-9,13,15H,3,5,10H2,1H3. The van der Waals surface area contributed by atoms with Gasteiger partial charge in [-0.25, -0.2) is 0 Å². The summed E-state index contributed by atoms with van der Waals surface area (Å²) in [5, 5.41) is 3.35. The van der Waals surface area contributed by atoms with E-state index in [0.717, 1.165) is 23.9 Å². The SMILES string of the molecule is C#CC(CCC)NCc1ccc(Br)cc1. The molecule has 0 amide bonds. The lowest BCUT2D eigenvalue weighted by molar-refractivity contribution is 0.563. The summed E-state index contributed by atoms with van der Waals surface area (Å²) in [5.41, 5.74) is 1.26. The van der Waals surface area contributed by atoms with Crippen LogP contribution in [0.15, 0.2) is 28.7 Å². The van der Waals surface area contributed by atoms with Crippen molar-refractivity contribution in [2.45, 2.75) is 32.4 Å². The van der Waals surface area contributed by atoms with E-state index in [0.29, 0.717) is 0 Å². The number of nitrogens with one attached hydrogen (secondary N) is 1. The molecule has 0 aliphatic carbocycles. The summed E-state index contributed by atoms with van der Waals surface area (Å²) in [7, 11) is 0. The molecule has 1 unspecified atom stereocenters. The van der Waals surface area contributed by atoms with Crippen molar-refractivity contribution in [1.29, 1.82) is 0 Å². The third-order valence-corrected chi connectivity index (χ3v) is 2.77. The van der Waals surface area contributed by atoms with E-state index in [1.807, 2.05) is 12.1 Å². The average Bonchev–Trinajstić information content (AvgIpc) is 2.26. The van der Waals surface area contributed by atoms with Gasteiger partial charge in [-0.05, 0) is 24.1 Å². The van der Waals surface area contributed by atoms with Crippen LogP contribution in [0.4, 0.5) is 0 Å². The van der Waals surface area contributed by atoms with Crippen LogP contribution in [0, 0.1) is 12.3 Å². The zero-order valence-corrected chi connectivity index (χ0v) is 10.5. The normalized spacial score (nSPS) is 12.1. The molecule has 0 aliphatic heterocycles. The number of hydrogen-bond acceptors (Lipinski definition) is 1. The van der Waals surface area contributed by atoms with Crippen LogP contribution in [0.1, 0.15) is 25.3 Å². The van der Waals surface area contributed by atoms with Crippen LogP contribution >= 0.6 is 15.9 Å². The Bertz CT molecular complexity index is 323. The molecule has 1 N–H and O–H groups in total. The van der Waals surface area contributed by atoms with Gasteiger partial charge in [-0.3, -0.25) is 5.32 Å². The van der Waals surface area contributed by atoms with Gasteiger partial charge in [0.25, 0.3) is 0 Å². The van der Waals surface area contributed by atoms with Crippen LogP contribution in [0.5, 0.6) is 0 Å². The molecule has 0 heterocycles. The maximum Gasteiger partial charge on any atom is 0.0689 e. The number of hydrogen-bond donors (Lipinski definition) is 1. The Labute approximate surface area is 100 Å². The fraction of sp³-hybridized carbons (Fsp3) is 0.385. The topological polar surface area (TPSA) is 12.0 Å². The van der Waals surface area contributed by atoms with E-state index in [2.05, 4.69) is 46.2 Å². The van der Waals surface area contributed by atoms with E-state index in [4.69, 9.17) is 6.42 Å². The van der Waals surface area contributed by atoms with Crippen LogP contribution in [-0.2, 0) is 6.54 Å². The van der Waals surface area contributed by atoms with Crippen molar-refractivity contribution in [1.82, 2.24) is 5.32 Å². The molecular formula is C13H16BrN. The van der Waals surface area contributed by atoms with Crippen molar-refractivity contribution in [3.63, 3.8) is 0 Å². The van der Waals surface area contributed by atoms with Crippen molar-refractivity contribution in [2.75, 3.05) is 0 Å². The molecule has 1 aromatic rings. The van der Waals surface area contributed by atoms with Crippen molar-refractivity contribution in [3.05, 3.63) is 34.3 Å². The second kappa shape index (κ2) is 6.66. The molecule has 0 bridgehead atoms. The smallest absolute Gasteiger partial charge is 0.0689 e. The van der Waals surface area contributed by atoms with Crippen LogP contribution in [0.25, 0.3) is 0 Å². The first-order chi connectivity index (χ1) is 7.26. The third-order valence-electron chi connectivity index (χ3n) is 2.24. The lowest BCUT2D eigenvalue weighted by atomic mass is 10.1. The van der Waals surface area contributed by atoms with Gasteiger partial charge in [0.15, 0.2) is 0 Å². The first kappa shape index (κ1) is 12.3. The summed E-state index contributed by atoms with van der Waals surface area (Å²) in [6.45, 7) is 2.98. The molecule has 1 nitrogen and oxygen atoms in total. The highest BCUT2D eigenvalue weighted by molar-refractivity contribution is 9.10. The van der Waals surface area contributed by atoms with Gasteiger partial charge in [-0.15, -0.1) is 6.42 Å². The highest BCUT2D eigenvalue weighted by Crippen LogP contribution is 2.10. The minimum Gasteiger partial charge on any atom is -0.300 e. The van der Waals surface area contributed by atoms with Crippen molar-refractivity contribution in [2.24, 2.45) is 0 Å². The molecule has 80 valence electrons. The summed E-state index contributed by atoms with van der Waals surface area (Å²) in [4.78, 5) is 0. The first-order valence-electron chi connectivity index (χ1n) is 5.20. The predicted molar refractivity (Wildman–Crippen MR) is 68.5 cm³/mol. The fourth-order valence-electron chi connectivity index (χ4n) is 1.38. The largest absolute Gasteiger partial charge is 0.300 e. The maximum absolute atomic E-state index is 5.43. The van der Waals surface area contributed by atoms with Crippen molar-refractivity contribution >= 4 is 15.9 Å². The zero-order chi connectivity index (χ0) is 11.1. The van der Waals surface area contributed by atoms with E-state index in [1.54, 1.807) is 0 Å². The Morgan fingerprint density at radius 3 is 2.60 bits per heavy atom. The van der Waals surface area contributed by atoms with Crippen LogP contribution in [0.2, 0.25) is 0 Å². The number of terminal acetylenes is 1. The molecule has 0 saturated carbocycles.